The van der Waals surface area contributed by atoms with E-state index in [9.17, 15) is 10.2 Å². The van der Waals surface area contributed by atoms with Gasteiger partial charge in [0, 0.05) is 0 Å². The molecule has 0 aromatic carbocycles. The SMILES string of the molecule is CC(C)[Si]1(C(C)C)OC[C@H]2OC(C)(O)[C@H](O)[C@@H]2O[Si](C(C)C)(C(C)C)O1. The molecule has 2 aliphatic rings. The van der Waals surface area contributed by atoms with Gasteiger partial charge in [-0.2, -0.15) is 0 Å². The van der Waals surface area contributed by atoms with Gasteiger partial charge in [-0.25, -0.2) is 0 Å². The molecule has 0 amide bonds. The predicted octanol–water partition coefficient (Wildman–Crippen LogP) is 3.41. The van der Waals surface area contributed by atoms with Crippen molar-refractivity contribution in [1.82, 2.24) is 0 Å². The van der Waals surface area contributed by atoms with Crippen LogP contribution in [0.2, 0.25) is 22.2 Å². The highest BCUT2D eigenvalue weighted by Gasteiger charge is 2.63. The molecule has 0 aromatic rings. The van der Waals surface area contributed by atoms with Crippen LogP contribution in [0, 0.1) is 0 Å². The lowest BCUT2D eigenvalue weighted by molar-refractivity contribution is -0.217. The Labute approximate surface area is 160 Å². The second kappa shape index (κ2) is 7.55. The Balaban J connectivity index is 2.56. The fraction of sp³-hybridized carbons (Fsp3) is 1.00. The third-order valence-corrected chi connectivity index (χ3v) is 16.2. The van der Waals surface area contributed by atoms with Gasteiger partial charge in [0.25, 0.3) is 0 Å². The molecule has 2 saturated heterocycles. The zero-order valence-electron chi connectivity index (χ0n) is 17.8. The summed E-state index contributed by atoms with van der Waals surface area (Å²) in [6.45, 7) is 18.9. The van der Waals surface area contributed by atoms with Crippen molar-refractivity contribution in [2.75, 3.05) is 6.61 Å². The average Bonchev–Trinajstić information content (AvgIpc) is 2.68. The second-order valence-electron chi connectivity index (χ2n) is 9.21. The molecular formula is C18H38O6Si2. The van der Waals surface area contributed by atoms with E-state index in [4.69, 9.17) is 17.7 Å². The van der Waals surface area contributed by atoms with Crippen LogP contribution in [0.25, 0.3) is 0 Å². The van der Waals surface area contributed by atoms with Gasteiger partial charge in [0.2, 0.25) is 0 Å². The lowest BCUT2D eigenvalue weighted by Crippen LogP contribution is -2.66. The molecule has 0 aromatic heterocycles. The van der Waals surface area contributed by atoms with Crippen molar-refractivity contribution in [3.8, 4) is 0 Å². The van der Waals surface area contributed by atoms with Crippen molar-refractivity contribution < 1.29 is 27.9 Å². The fourth-order valence-corrected chi connectivity index (χ4v) is 15.6. The normalized spacial score (nSPS) is 37.3. The van der Waals surface area contributed by atoms with Gasteiger partial charge < -0.3 is 27.9 Å². The highest BCUT2D eigenvalue weighted by atomic mass is 28.5. The summed E-state index contributed by atoms with van der Waals surface area (Å²) < 4.78 is 26.0. The third-order valence-electron chi connectivity index (χ3n) is 5.95. The highest BCUT2D eigenvalue weighted by Crippen LogP contribution is 2.48. The number of hydrogen-bond donors (Lipinski definition) is 2. The molecule has 2 fully saturated rings. The Bertz CT molecular complexity index is 478. The van der Waals surface area contributed by atoms with Gasteiger partial charge in [0.15, 0.2) is 5.79 Å². The largest absolute Gasteiger partial charge is 0.414 e. The van der Waals surface area contributed by atoms with Crippen LogP contribution in [0.1, 0.15) is 62.3 Å². The minimum Gasteiger partial charge on any atom is -0.414 e. The van der Waals surface area contributed by atoms with Crippen molar-refractivity contribution in [1.29, 1.82) is 0 Å². The Morgan fingerprint density at radius 3 is 1.77 bits per heavy atom. The van der Waals surface area contributed by atoms with Crippen LogP contribution in [0.3, 0.4) is 0 Å². The van der Waals surface area contributed by atoms with E-state index in [1.165, 1.54) is 6.92 Å². The molecule has 1 unspecified atom stereocenters. The molecular weight excluding hydrogens is 368 g/mol. The second-order valence-corrected chi connectivity index (χ2v) is 18.1. The van der Waals surface area contributed by atoms with E-state index < -0.39 is 41.2 Å². The van der Waals surface area contributed by atoms with Gasteiger partial charge >= 0.3 is 17.1 Å². The van der Waals surface area contributed by atoms with E-state index in [1.54, 1.807) is 0 Å². The molecule has 0 bridgehead atoms. The van der Waals surface area contributed by atoms with Gasteiger partial charge in [-0.1, -0.05) is 55.4 Å². The summed E-state index contributed by atoms with van der Waals surface area (Å²) in [5.74, 6) is -1.64. The van der Waals surface area contributed by atoms with Crippen molar-refractivity contribution in [2.45, 2.75) is 109 Å². The molecule has 0 aliphatic carbocycles. The first-order valence-electron chi connectivity index (χ1n) is 9.90. The smallest absolute Gasteiger partial charge is 0.335 e. The first-order valence-corrected chi connectivity index (χ1v) is 13.8. The summed E-state index contributed by atoms with van der Waals surface area (Å²) in [5.41, 5.74) is 0.844. The van der Waals surface area contributed by atoms with E-state index in [0.29, 0.717) is 0 Å². The molecule has 26 heavy (non-hydrogen) atoms. The van der Waals surface area contributed by atoms with E-state index in [0.717, 1.165) is 0 Å². The van der Waals surface area contributed by atoms with Gasteiger partial charge in [-0.15, -0.1) is 0 Å². The summed E-state index contributed by atoms with van der Waals surface area (Å²) in [4.78, 5) is 0. The Morgan fingerprint density at radius 1 is 0.885 bits per heavy atom. The standard InChI is InChI=1S/C18H38O6Si2/c1-11(2)25(12(3)4)21-10-15-16(17(19)18(9,20)22-15)23-26(24-25,13(5)6)14(7)8/h11-17,19-20H,10H2,1-9H3/t15-,16-,17-,18?/m1/s1. The summed E-state index contributed by atoms with van der Waals surface area (Å²) in [6, 6.07) is 0. The van der Waals surface area contributed by atoms with E-state index >= 15 is 0 Å². The van der Waals surface area contributed by atoms with Crippen LogP contribution >= 0.6 is 0 Å². The lowest BCUT2D eigenvalue weighted by Gasteiger charge is -2.51. The maximum absolute atomic E-state index is 10.6. The van der Waals surface area contributed by atoms with Crippen LogP contribution in [0.5, 0.6) is 0 Å². The van der Waals surface area contributed by atoms with E-state index in [-0.39, 0.29) is 28.8 Å². The Morgan fingerprint density at radius 2 is 1.35 bits per heavy atom. The van der Waals surface area contributed by atoms with Crippen LogP contribution in [0.15, 0.2) is 0 Å². The predicted molar refractivity (Wildman–Crippen MR) is 105 cm³/mol. The highest BCUT2D eigenvalue weighted by molar-refractivity contribution is 6.83. The lowest BCUT2D eigenvalue weighted by atomic mass is 10.1. The average molecular weight is 407 g/mol. The Hall–Kier alpha value is 0.194. The van der Waals surface area contributed by atoms with Gasteiger partial charge in [-0.05, 0) is 29.1 Å². The molecule has 2 rings (SSSR count). The van der Waals surface area contributed by atoms with Crippen molar-refractivity contribution in [2.24, 2.45) is 0 Å². The number of rotatable bonds is 4. The monoisotopic (exact) mass is 406 g/mol. The number of aliphatic hydroxyl groups excluding tert-OH is 1. The Kier molecular flexibility index (Phi) is 6.53. The zero-order valence-corrected chi connectivity index (χ0v) is 19.8. The molecule has 2 N–H and O–H groups in total. The van der Waals surface area contributed by atoms with Crippen molar-refractivity contribution >= 4 is 17.1 Å². The van der Waals surface area contributed by atoms with Crippen molar-refractivity contribution in [3.05, 3.63) is 0 Å². The number of fused-ring (bicyclic) bond motifs is 1. The topological polar surface area (TPSA) is 77.4 Å². The van der Waals surface area contributed by atoms with E-state index in [1.807, 2.05) is 0 Å². The summed E-state index contributed by atoms with van der Waals surface area (Å²) >= 11 is 0. The van der Waals surface area contributed by atoms with Crippen LogP contribution < -0.4 is 0 Å². The molecule has 8 heteroatoms. The first kappa shape index (κ1) is 22.5. The van der Waals surface area contributed by atoms with Gasteiger partial charge in [-0.3, -0.25) is 0 Å². The summed E-state index contributed by atoms with van der Waals surface area (Å²) in [6.07, 6.45) is -2.28. The number of aliphatic hydroxyl groups is 2. The fourth-order valence-electron chi connectivity index (χ4n) is 4.36. The van der Waals surface area contributed by atoms with Gasteiger partial charge in [0.05, 0.1) is 6.61 Å². The van der Waals surface area contributed by atoms with Crippen LogP contribution in [-0.2, 0) is 17.7 Å². The number of hydrogen-bond acceptors (Lipinski definition) is 6. The first-order chi connectivity index (χ1) is 11.8. The van der Waals surface area contributed by atoms with E-state index in [2.05, 4.69) is 55.4 Å². The molecule has 0 spiro atoms. The molecule has 0 saturated carbocycles. The van der Waals surface area contributed by atoms with Crippen molar-refractivity contribution in [3.63, 3.8) is 0 Å². The maximum atomic E-state index is 10.6. The zero-order chi connectivity index (χ0) is 20.1. The third kappa shape index (κ3) is 3.59. The molecule has 6 nitrogen and oxygen atoms in total. The molecule has 154 valence electrons. The molecule has 4 atom stereocenters. The summed E-state index contributed by atoms with van der Waals surface area (Å²) in [5, 5.41) is 21.1. The minimum absolute atomic E-state index is 0.173. The van der Waals surface area contributed by atoms with Gasteiger partial charge in [0.1, 0.15) is 18.3 Å². The maximum Gasteiger partial charge on any atom is 0.335 e. The molecule has 2 aliphatic heterocycles. The van der Waals surface area contributed by atoms with Crippen LogP contribution in [0.4, 0.5) is 0 Å². The number of ether oxygens (including phenoxy) is 1. The minimum atomic E-state index is -2.79. The molecule has 0 radical (unpaired) electrons. The van der Waals surface area contributed by atoms with Crippen LogP contribution in [-0.4, -0.2) is 58.0 Å². The molecule has 2 heterocycles. The summed E-state index contributed by atoms with van der Waals surface area (Å²) in [7, 11) is -5.40. The quantitative estimate of drug-likeness (QED) is 0.697.